The summed E-state index contributed by atoms with van der Waals surface area (Å²) in [6.07, 6.45) is 0.861. The molecule has 0 unspecified atom stereocenters. The summed E-state index contributed by atoms with van der Waals surface area (Å²) in [6.45, 7) is 4.07. The summed E-state index contributed by atoms with van der Waals surface area (Å²) in [5.74, 6) is 0.730. The molecule has 31 heavy (non-hydrogen) atoms. The smallest absolute Gasteiger partial charge is 0.255 e. The number of para-hydroxylation sites is 1. The fourth-order valence-corrected chi connectivity index (χ4v) is 3.89. The van der Waals surface area contributed by atoms with Crippen molar-refractivity contribution in [2.24, 2.45) is 0 Å². The van der Waals surface area contributed by atoms with Crippen molar-refractivity contribution in [2.75, 3.05) is 23.5 Å². The van der Waals surface area contributed by atoms with Crippen LogP contribution in [0.2, 0.25) is 0 Å². The van der Waals surface area contributed by atoms with Gasteiger partial charge in [0.2, 0.25) is 5.91 Å². The van der Waals surface area contributed by atoms with Crippen molar-refractivity contribution in [1.82, 2.24) is 0 Å². The molecule has 2 amide bonds. The van der Waals surface area contributed by atoms with E-state index in [1.165, 1.54) is 11.8 Å². The van der Waals surface area contributed by atoms with Crippen molar-refractivity contribution in [3.63, 3.8) is 0 Å². The van der Waals surface area contributed by atoms with Crippen LogP contribution in [0.4, 0.5) is 11.4 Å². The van der Waals surface area contributed by atoms with Crippen LogP contribution in [0.3, 0.4) is 0 Å². The van der Waals surface area contributed by atoms with E-state index in [2.05, 4.69) is 17.6 Å². The number of amides is 2. The molecule has 0 aliphatic rings. The molecule has 0 bridgehead atoms. The standard InChI is InChI=1S/C25H26N2O3S/c1-4-18-8-5-7-17(2)24(18)27-23(28)16-31-22-10-6-9-20(15-22)26-25(29)19-11-13-21(30-3)14-12-19/h5-15H,4,16H2,1-3H3,(H,26,29)(H,27,28). The molecule has 0 heterocycles. The predicted octanol–water partition coefficient (Wildman–Crippen LogP) is 5.55. The normalized spacial score (nSPS) is 10.4. The number of aryl methyl sites for hydroxylation is 2. The minimum Gasteiger partial charge on any atom is -0.497 e. The Kier molecular flexibility index (Phi) is 7.73. The zero-order valence-corrected chi connectivity index (χ0v) is 18.7. The van der Waals surface area contributed by atoms with Crippen LogP contribution in [-0.4, -0.2) is 24.7 Å². The van der Waals surface area contributed by atoms with Crippen LogP contribution in [-0.2, 0) is 11.2 Å². The van der Waals surface area contributed by atoms with Crippen molar-refractivity contribution >= 4 is 35.0 Å². The molecule has 0 aliphatic carbocycles. The van der Waals surface area contributed by atoms with Gasteiger partial charge in [-0.2, -0.15) is 0 Å². The second kappa shape index (κ2) is 10.7. The van der Waals surface area contributed by atoms with Crippen LogP contribution in [0.1, 0.15) is 28.4 Å². The molecular weight excluding hydrogens is 408 g/mol. The number of hydrogen-bond donors (Lipinski definition) is 2. The van der Waals surface area contributed by atoms with E-state index in [9.17, 15) is 9.59 Å². The van der Waals surface area contributed by atoms with E-state index in [0.29, 0.717) is 17.0 Å². The Bertz CT molecular complexity index is 1060. The molecule has 6 heteroatoms. The number of methoxy groups -OCH3 is 1. The van der Waals surface area contributed by atoms with E-state index in [0.717, 1.165) is 28.1 Å². The summed E-state index contributed by atoms with van der Waals surface area (Å²) >= 11 is 1.43. The van der Waals surface area contributed by atoms with E-state index in [1.54, 1.807) is 31.4 Å². The molecule has 0 aliphatic heterocycles. The van der Waals surface area contributed by atoms with Gasteiger partial charge in [-0.05, 0) is 66.9 Å². The van der Waals surface area contributed by atoms with Crippen LogP contribution >= 0.6 is 11.8 Å². The summed E-state index contributed by atoms with van der Waals surface area (Å²) < 4.78 is 5.12. The minimum absolute atomic E-state index is 0.0540. The van der Waals surface area contributed by atoms with Crippen LogP contribution < -0.4 is 15.4 Å². The number of carbonyl (C=O) groups is 2. The first-order chi connectivity index (χ1) is 15.0. The summed E-state index contributed by atoms with van der Waals surface area (Å²) in [6, 6.07) is 20.4. The minimum atomic E-state index is -0.200. The van der Waals surface area contributed by atoms with Gasteiger partial charge in [-0.1, -0.05) is 31.2 Å². The lowest BCUT2D eigenvalue weighted by Gasteiger charge is -2.13. The van der Waals surface area contributed by atoms with Crippen LogP contribution in [0.15, 0.2) is 71.6 Å². The van der Waals surface area contributed by atoms with Crippen molar-refractivity contribution in [3.05, 3.63) is 83.4 Å². The number of thioether (sulfide) groups is 1. The highest BCUT2D eigenvalue weighted by molar-refractivity contribution is 8.00. The van der Waals surface area contributed by atoms with Gasteiger partial charge < -0.3 is 15.4 Å². The lowest BCUT2D eigenvalue weighted by Crippen LogP contribution is -2.16. The average Bonchev–Trinajstić information content (AvgIpc) is 2.79. The molecule has 160 valence electrons. The van der Waals surface area contributed by atoms with Crippen LogP contribution in [0, 0.1) is 6.92 Å². The predicted molar refractivity (Wildman–Crippen MR) is 127 cm³/mol. The lowest BCUT2D eigenvalue weighted by atomic mass is 10.1. The Morgan fingerprint density at radius 2 is 1.71 bits per heavy atom. The largest absolute Gasteiger partial charge is 0.497 e. The molecule has 0 saturated carbocycles. The molecule has 0 aromatic heterocycles. The molecule has 0 spiro atoms. The van der Waals surface area contributed by atoms with Gasteiger partial charge in [0, 0.05) is 21.8 Å². The second-order valence-corrected chi connectivity index (χ2v) is 8.06. The van der Waals surface area contributed by atoms with E-state index in [4.69, 9.17) is 4.74 Å². The highest BCUT2D eigenvalue weighted by Gasteiger charge is 2.10. The van der Waals surface area contributed by atoms with Gasteiger partial charge in [0.05, 0.1) is 12.9 Å². The molecule has 0 fully saturated rings. The van der Waals surface area contributed by atoms with E-state index in [1.807, 2.05) is 49.4 Å². The molecule has 5 nitrogen and oxygen atoms in total. The Labute approximate surface area is 187 Å². The summed E-state index contributed by atoms with van der Waals surface area (Å²) in [5, 5.41) is 5.93. The van der Waals surface area contributed by atoms with Gasteiger partial charge in [0.15, 0.2) is 0 Å². The number of nitrogens with one attached hydrogen (secondary N) is 2. The fourth-order valence-electron chi connectivity index (χ4n) is 3.14. The topological polar surface area (TPSA) is 67.4 Å². The molecule has 3 rings (SSSR count). The third kappa shape index (κ3) is 6.12. The van der Waals surface area contributed by atoms with Crippen molar-refractivity contribution < 1.29 is 14.3 Å². The Morgan fingerprint density at radius 3 is 2.42 bits per heavy atom. The van der Waals surface area contributed by atoms with Gasteiger partial charge >= 0.3 is 0 Å². The highest BCUT2D eigenvalue weighted by Crippen LogP contribution is 2.24. The van der Waals surface area contributed by atoms with E-state index < -0.39 is 0 Å². The molecule has 0 saturated heterocycles. The Balaban J connectivity index is 1.59. The van der Waals surface area contributed by atoms with E-state index >= 15 is 0 Å². The number of anilines is 2. The quantitative estimate of drug-likeness (QED) is 0.456. The van der Waals surface area contributed by atoms with Gasteiger partial charge in [-0.25, -0.2) is 0 Å². The third-order valence-corrected chi connectivity index (χ3v) is 5.81. The number of ether oxygens (including phenoxy) is 1. The molecule has 3 aromatic carbocycles. The van der Waals surface area contributed by atoms with Gasteiger partial charge in [-0.3, -0.25) is 9.59 Å². The molecule has 0 atom stereocenters. The SMILES string of the molecule is CCc1cccc(C)c1NC(=O)CSc1cccc(NC(=O)c2ccc(OC)cc2)c1. The number of rotatable bonds is 8. The molecule has 0 radical (unpaired) electrons. The van der Waals surface area contributed by atoms with Gasteiger partial charge in [0.25, 0.3) is 5.91 Å². The van der Waals surface area contributed by atoms with Crippen LogP contribution in [0.5, 0.6) is 5.75 Å². The van der Waals surface area contributed by atoms with E-state index in [-0.39, 0.29) is 17.6 Å². The lowest BCUT2D eigenvalue weighted by molar-refractivity contribution is -0.113. The zero-order valence-electron chi connectivity index (χ0n) is 17.9. The third-order valence-electron chi connectivity index (χ3n) is 4.82. The summed E-state index contributed by atoms with van der Waals surface area (Å²) in [4.78, 5) is 25.9. The molecular formula is C25H26N2O3S. The first kappa shape index (κ1) is 22.4. The highest BCUT2D eigenvalue weighted by atomic mass is 32.2. The fraction of sp³-hybridized carbons (Fsp3) is 0.200. The van der Waals surface area contributed by atoms with Crippen molar-refractivity contribution in [2.45, 2.75) is 25.2 Å². The summed E-state index contributed by atoms with van der Waals surface area (Å²) in [5.41, 5.74) is 4.31. The number of carbonyl (C=O) groups excluding carboxylic acids is 2. The Morgan fingerprint density at radius 1 is 0.968 bits per heavy atom. The monoisotopic (exact) mass is 434 g/mol. The zero-order chi connectivity index (χ0) is 22.2. The maximum Gasteiger partial charge on any atom is 0.255 e. The van der Waals surface area contributed by atoms with Crippen LogP contribution in [0.25, 0.3) is 0 Å². The molecule has 3 aromatic rings. The molecule has 2 N–H and O–H groups in total. The van der Waals surface area contributed by atoms with Gasteiger partial charge in [-0.15, -0.1) is 11.8 Å². The first-order valence-electron chi connectivity index (χ1n) is 10.1. The number of hydrogen-bond acceptors (Lipinski definition) is 4. The second-order valence-electron chi connectivity index (χ2n) is 7.01. The maximum absolute atomic E-state index is 12.5. The first-order valence-corrected chi connectivity index (χ1v) is 11.0. The van der Waals surface area contributed by atoms with Gasteiger partial charge in [0.1, 0.15) is 5.75 Å². The maximum atomic E-state index is 12.5. The summed E-state index contributed by atoms with van der Waals surface area (Å²) in [7, 11) is 1.59. The number of benzene rings is 3. The Hall–Kier alpha value is -3.25. The van der Waals surface area contributed by atoms with Crippen molar-refractivity contribution in [3.8, 4) is 5.75 Å². The average molecular weight is 435 g/mol. The van der Waals surface area contributed by atoms with Crippen molar-refractivity contribution in [1.29, 1.82) is 0 Å².